The van der Waals surface area contributed by atoms with Crippen LogP contribution in [0.2, 0.25) is 0 Å². The van der Waals surface area contributed by atoms with Gasteiger partial charge in [0.25, 0.3) is 0 Å². The van der Waals surface area contributed by atoms with E-state index in [0.29, 0.717) is 25.2 Å². The maximum absolute atomic E-state index is 10.7. The highest BCUT2D eigenvalue weighted by Crippen LogP contribution is 2.28. The van der Waals surface area contributed by atoms with Gasteiger partial charge in [-0.1, -0.05) is 18.2 Å². The van der Waals surface area contributed by atoms with Crippen molar-refractivity contribution >= 4 is 17.3 Å². The zero-order valence-electron chi connectivity index (χ0n) is 16.1. The number of benzene rings is 1. The molecule has 2 aromatic rings. The third kappa shape index (κ3) is 5.47. The first-order chi connectivity index (χ1) is 13.1. The smallest absolute Gasteiger partial charge is 0.191 e. The van der Waals surface area contributed by atoms with Crippen LogP contribution in [0.1, 0.15) is 44.2 Å². The molecule has 0 spiro atoms. The van der Waals surface area contributed by atoms with Crippen molar-refractivity contribution in [1.29, 1.82) is 0 Å². The molecule has 27 heavy (non-hydrogen) atoms. The van der Waals surface area contributed by atoms with E-state index in [9.17, 15) is 5.11 Å². The molecule has 1 fully saturated rings. The van der Waals surface area contributed by atoms with E-state index < -0.39 is 5.60 Å². The van der Waals surface area contributed by atoms with Crippen molar-refractivity contribution in [3.63, 3.8) is 0 Å². The highest BCUT2D eigenvalue weighted by atomic mass is 32.1. The van der Waals surface area contributed by atoms with Gasteiger partial charge in [-0.05, 0) is 61.6 Å². The number of nitrogens with zero attached hydrogens (tertiary/aromatic N) is 1. The van der Waals surface area contributed by atoms with Crippen molar-refractivity contribution in [1.82, 2.24) is 10.6 Å². The van der Waals surface area contributed by atoms with Crippen molar-refractivity contribution in [3.05, 3.63) is 52.2 Å². The van der Waals surface area contributed by atoms with Gasteiger partial charge in [-0.25, -0.2) is 4.99 Å². The Balaban J connectivity index is 1.63. The molecular formula is C21H29N3O2S. The van der Waals surface area contributed by atoms with Gasteiger partial charge >= 0.3 is 0 Å². The molecule has 1 saturated carbocycles. The highest BCUT2D eigenvalue weighted by molar-refractivity contribution is 7.08. The summed E-state index contributed by atoms with van der Waals surface area (Å²) in [5, 5.41) is 21.1. The van der Waals surface area contributed by atoms with Crippen LogP contribution in [0.25, 0.3) is 0 Å². The Morgan fingerprint density at radius 1 is 1.30 bits per heavy atom. The minimum Gasteiger partial charge on any atom is -0.490 e. The number of aliphatic hydroxyl groups is 1. The Morgan fingerprint density at radius 2 is 2.11 bits per heavy atom. The van der Waals surface area contributed by atoms with Crippen LogP contribution < -0.4 is 15.4 Å². The quantitative estimate of drug-likeness (QED) is 0.478. The highest BCUT2D eigenvalue weighted by Gasteiger charge is 2.24. The lowest BCUT2D eigenvalue weighted by Gasteiger charge is -2.27. The summed E-state index contributed by atoms with van der Waals surface area (Å²) in [5.41, 5.74) is 1.04. The second-order valence-corrected chi connectivity index (χ2v) is 7.89. The lowest BCUT2D eigenvalue weighted by Crippen LogP contribution is -2.44. The maximum Gasteiger partial charge on any atom is 0.191 e. The normalized spacial score (nSPS) is 17.1. The Hall–Kier alpha value is -2.05. The molecule has 5 nitrogen and oxygen atoms in total. The number of rotatable bonds is 8. The van der Waals surface area contributed by atoms with E-state index in [2.05, 4.69) is 21.7 Å². The Morgan fingerprint density at radius 3 is 2.78 bits per heavy atom. The summed E-state index contributed by atoms with van der Waals surface area (Å²) in [6.45, 7) is 5.51. The fraction of sp³-hybridized carbons (Fsp3) is 0.476. The monoisotopic (exact) mass is 387 g/mol. The SMILES string of the molecule is CCNC(=NCc1ccccc1OC1CCC1)NCC(C)(O)c1ccsc1. The fourth-order valence-corrected chi connectivity index (χ4v) is 3.64. The number of hydrogen-bond donors (Lipinski definition) is 3. The van der Waals surface area contributed by atoms with Crippen molar-refractivity contribution < 1.29 is 9.84 Å². The number of nitrogens with one attached hydrogen (secondary N) is 2. The van der Waals surface area contributed by atoms with Gasteiger partial charge in [0.15, 0.2) is 5.96 Å². The van der Waals surface area contributed by atoms with E-state index in [1.165, 1.54) is 6.42 Å². The second-order valence-electron chi connectivity index (χ2n) is 7.11. The van der Waals surface area contributed by atoms with E-state index in [4.69, 9.17) is 4.74 Å². The van der Waals surface area contributed by atoms with E-state index >= 15 is 0 Å². The molecule has 0 radical (unpaired) electrons. The summed E-state index contributed by atoms with van der Waals surface area (Å²) in [5.74, 6) is 1.61. The third-order valence-electron chi connectivity index (χ3n) is 4.81. The molecule has 0 aliphatic heterocycles. The molecule has 1 aromatic heterocycles. The molecule has 1 aliphatic carbocycles. The van der Waals surface area contributed by atoms with Crippen molar-refractivity contribution in [2.24, 2.45) is 4.99 Å². The fourth-order valence-electron chi connectivity index (χ4n) is 2.85. The Labute approximate surface area is 165 Å². The van der Waals surface area contributed by atoms with Gasteiger partial charge in [0.05, 0.1) is 19.2 Å². The largest absolute Gasteiger partial charge is 0.490 e. The zero-order valence-corrected chi connectivity index (χ0v) is 16.9. The molecule has 1 unspecified atom stereocenters. The average Bonchev–Trinajstić information content (AvgIpc) is 3.17. The molecule has 1 atom stereocenters. The summed E-state index contributed by atoms with van der Waals surface area (Å²) < 4.78 is 6.09. The average molecular weight is 388 g/mol. The minimum atomic E-state index is -0.943. The minimum absolute atomic E-state index is 0.349. The molecule has 6 heteroatoms. The van der Waals surface area contributed by atoms with E-state index in [1.54, 1.807) is 11.3 Å². The van der Waals surface area contributed by atoms with Gasteiger partial charge < -0.3 is 20.5 Å². The summed E-state index contributed by atoms with van der Waals surface area (Å²) in [7, 11) is 0. The van der Waals surface area contributed by atoms with Gasteiger partial charge in [0.2, 0.25) is 0 Å². The van der Waals surface area contributed by atoms with Crippen molar-refractivity contribution in [2.45, 2.75) is 51.4 Å². The number of para-hydroxylation sites is 1. The Bertz CT molecular complexity index is 740. The first kappa shape index (κ1) is 19.7. The predicted molar refractivity (Wildman–Crippen MR) is 111 cm³/mol. The first-order valence-corrected chi connectivity index (χ1v) is 10.5. The van der Waals surface area contributed by atoms with Crippen LogP contribution in [0.15, 0.2) is 46.1 Å². The topological polar surface area (TPSA) is 65.9 Å². The standard InChI is InChI=1S/C21H29N3O2S/c1-3-22-20(24-15-21(2,25)17-11-12-27-14-17)23-13-16-7-4-5-10-19(16)26-18-8-6-9-18/h4-5,7,10-12,14,18,25H,3,6,8-9,13,15H2,1-2H3,(H2,22,23,24). The van der Waals surface area contributed by atoms with Crippen molar-refractivity contribution in [2.75, 3.05) is 13.1 Å². The molecule has 0 bridgehead atoms. The lowest BCUT2D eigenvalue weighted by atomic mass is 9.96. The molecule has 0 saturated heterocycles. The number of guanidine groups is 1. The molecular weight excluding hydrogens is 358 g/mol. The van der Waals surface area contributed by atoms with E-state index in [0.717, 1.165) is 36.3 Å². The number of aliphatic imine (C=N–C) groups is 1. The number of hydrogen-bond acceptors (Lipinski definition) is 4. The maximum atomic E-state index is 10.7. The van der Waals surface area contributed by atoms with Crippen LogP contribution in [0.3, 0.4) is 0 Å². The Kier molecular flexibility index (Phi) is 6.74. The summed E-state index contributed by atoms with van der Waals surface area (Å²) in [6.07, 6.45) is 3.88. The van der Waals surface area contributed by atoms with Crippen LogP contribution in [0.4, 0.5) is 0 Å². The van der Waals surface area contributed by atoms with Gasteiger partial charge in [-0.3, -0.25) is 0 Å². The van der Waals surface area contributed by atoms with E-state index in [-0.39, 0.29) is 0 Å². The van der Waals surface area contributed by atoms with Gasteiger partial charge in [0.1, 0.15) is 11.4 Å². The zero-order chi connectivity index (χ0) is 19.1. The molecule has 3 N–H and O–H groups in total. The molecule has 0 amide bonds. The predicted octanol–water partition coefficient (Wildman–Crippen LogP) is 3.64. The van der Waals surface area contributed by atoms with Crippen LogP contribution in [-0.4, -0.2) is 30.3 Å². The molecule has 1 aromatic carbocycles. The lowest BCUT2D eigenvalue weighted by molar-refractivity contribution is 0.0621. The third-order valence-corrected chi connectivity index (χ3v) is 5.50. The number of ether oxygens (including phenoxy) is 1. The molecule has 3 rings (SSSR count). The first-order valence-electron chi connectivity index (χ1n) is 9.60. The summed E-state index contributed by atoms with van der Waals surface area (Å²) in [4.78, 5) is 4.69. The van der Waals surface area contributed by atoms with Crippen LogP contribution in [0.5, 0.6) is 5.75 Å². The second kappa shape index (κ2) is 9.24. The van der Waals surface area contributed by atoms with Crippen molar-refractivity contribution in [3.8, 4) is 5.75 Å². The molecule has 146 valence electrons. The van der Waals surface area contributed by atoms with E-state index in [1.807, 2.05) is 48.9 Å². The van der Waals surface area contributed by atoms with Crippen LogP contribution in [0, 0.1) is 0 Å². The van der Waals surface area contributed by atoms with Gasteiger partial charge in [-0.15, -0.1) is 0 Å². The van der Waals surface area contributed by atoms with Gasteiger partial charge in [0, 0.05) is 12.1 Å². The molecule has 1 heterocycles. The molecule has 1 aliphatic rings. The summed E-state index contributed by atoms with van der Waals surface area (Å²) >= 11 is 1.58. The summed E-state index contributed by atoms with van der Waals surface area (Å²) in [6, 6.07) is 10.0. The number of thiophene rings is 1. The van der Waals surface area contributed by atoms with Crippen LogP contribution >= 0.6 is 11.3 Å². The van der Waals surface area contributed by atoms with Gasteiger partial charge in [-0.2, -0.15) is 11.3 Å². The van der Waals surface area contributed by atoms with Crippen LogP contribution in [-0.2, 0) is 12.1 Å².